The maximum absolute atomic E-state index is 12.9. The number of benzene rings is 1. The molecule has 0 aliphatic carbocycles. The third-order valence-electron chi connectivity index (χ3n) is 5.04. The minimum absolute atomic E-state index is 0.0886. The highest BCUT2D eigenvalue weighted by Crippen LogP contribution is 2.27. The summed E-state index contributed by atoms with van der Waals surface area (Å²) in [6.07, 6.45) is 3.86. The first-order valence-corrected chi connectivity index (χ1v) is 9.04. The van der Waals surface area contributed by atoms with Gasteiger partial charge in [-0.25, -0.2) is 4.68 Å². The molecule has 1 unspecified atom stereocenters. The van der Waals surface area contributed by atoms with E-state index in [1.54, 1.807) is 6.20 Å². The SMILES string of the molecule is Cc1cc(C2CCCN(C(=O)c3ccc(-n4nccc4C)cc3)C2)n[nH]1. The summed E-state index contributed by atoms with van der Waals surface area (Å²) in [6.45, 7) is 5.55. The summed E-state index contributed by atoms with van der Waals surface area (Å²) in [5, 5.41) is 11.7. The van der Waals surface area contributed by atoms with Crippen LogP contribution in [0.4, 0.5) is 0 Å². The summed E-state index contributed by atoms with van der Waals surface area (Å²) < 4.78 is 1.87. The molecule has 1 N–H and O–H groups in total. The second-order valence-electron chi connectivity index (χ2n) is 7.00. The molecule has 4 rings (SSSR count). The molecule has 1 amide bonds. The maximum atomic E-state index is 12.9. The van der Waals surface area contributed by atoms with E-state index >= 15 is 0 Å². The fourth-order valence-electron chi connectivity index (χ4n) is 3.62. The van der Waals surface area contributed by atoms with E-state index in [0.29, 0.717) is 5.92 Å². The zero-order chi connectivity index (χ0) is 18.1. The molecule has 26 heavy (non-hydrogen) atoms. The van der Waals surface area contributed by atoms with Crippen LogP contribution in [0.1, 0.15) is 46.2 Å². The zero-order valence-corrected chi connectivity index (χ0v) is 15.1. The number of aryl methyl sites for hydroxylation is 2. The summed E-state index contributed by atoms with van der Waals surface area (Å²) in [5.74, 6) is 0.398. The third kappa shape index (κ3) is 3.14. The highest BCUT2D eigenvalue weighted by atomic mass is 16.2. The molecule has 0 spiro atoms. The number of carbonyl (C=O) groups is 1. The second-order valence-corrected chi connectivity index (χ2v) is 7.00. The standard InChI is InChI=1S/C20H23N5O/c1-14-12-19(23-22-14)17-4-3-11-24(13-17)20(26)16-5-7-18(8-6-16)25-15(2)9-10-21-25/h5-10,12,17H,3-4,11,13H2,1-2H3,(H,22,23). The quantitative estimate of drug-likeness (QED) is 0.789. The maximum Gasteiger partial charge on any atom is 0.253 e. The van der Waals surface area contributed by atoms with Gasteiger partial charge in [0.05, 0.1) is 11.4 Å². The van der Waals surface area contributed by atoms with Gasteiger partial charge in [0.25, 0.3) is 5.91 Å². The number of hydrogen-bond donors (Lipinski definition) is 1. The fraction of sp³-hybridized carbons (Fsp3) is 0.350. The monoisotopic (exact) mass is 349 g/mol. The van der Waals surface area contributed by atoms with Gasteiger partial charge in [0.15, 0.2) is 0 Å². The number of likely N-dealkylation sites (tertiary alicyclic amines) is 1. The predicted octanol–water partition coefficient (Wildman–Crippen LogP) is 3.23. The minimum Gasteiger partial charge on any atom is -0.338 e. The zero-order valence-electron chi connectivity index (χ0n) is 15.1. The molecule has 0 radical (unpaired) electrons. The molecule has 6 heteroatoms. The van der Waals surface area contributed by atoms with Crippen LogP contribution in [0.5, 0.6) is 0 Å². The van der Waals surface area contributed by atoms with Crippen LogP contribution in [0.2, 0.25) is 0 Å². The summed E-state index contributed by atoms with van der Waals surface area (Å²) in [6, 6.07) is 11.7. The smallest absolute Gasteiger partial charge is 0.253 e. The molecular formula is C20H23N5O. The summed E-state index contributed by atoms with van der Waals surface area (Å²) >= 11 is 0. The molecule has 1 saturated heterocycles. The lowest BCUT2D eigenvalue weighted by molar-refractivity contribution is 0.0706. The molecule has 1 atom stereocenters. The largest absolute Gasteiger partial charge is 0.338 e. The second kappa shape index (κ2) is 6.78. The van der Waals surface area contributed by atoms with E-state index < -0.39 is 0 Å². The first-order valence-electron chi connectivity index (χ1n) is 9.04. The molecule has 3 heterocycles. The summed E-state index contributed by atoms with van der Waals surface area (Å²) in [5.41, 5.74) is 4.87. The van der Waals surface area contributed by atoms with Gasteiger partial charge in [-0.1, -0.05) is 0 Å². The number of rotatable bonds is 3. The van der Waals surface area contributed by atoms with E-state index in [2.05, 4.69) is 21.4 Å². The van der Waals surface area contributed by atoms with Crippen molar-refractivity contribution in [1.82, 2.24) is 24.9 Å². The topological polar surface area (TPSA) is 66.8 Å². The van der Waals surface area contributed by atoms with Crippen molar-refractivity contribution < 1.29 is 4.79 Å². The summed E-state index contributed by atoms with van der Waals surface area (Å²) in [7, 11) is 0. The number of aromatic nitrogens is 4. The molecule has 134 valence electrons. The molecular weight excluding hydrogens is 326 g/mol. The highest BCUT2D eigenvalue weighted by molar-refractivity contribution is 5.94. The lowest BCUT2D eigenvalue weighted by atomic mass is 9.94. The van der Waals surface area contributed by atoms with Gasteiger partial charge in [0, 0.05) is 42.2 Å². The first kappa shape index (κ1) is 16.6. The van der Waals surface area contributed by atoms with Crippen molar-refractivity contribution in [2.75, 3.05) is 13.1 Å². The van der Waals surface area contributed by atoms with E-state index in [0.717, 1.165) is 54.3 Å². The van der Waals surface area contributed by atoms with Crippen LogP contribution in [-0.2, 0) is 0 Å². The highest BCUT2D eigenvalue weighted by Gasteiger charge is 2.26. The van der Waals surface area contributed by atoms with Crippen LogP contribution in [0.15, 0.2) is 42.6 Å². The average molecular weight is 349 g/mol. The number of amides is 1. The van der Waals surface area contributed by atoms with Gasteiger partial charge in [-0.3, -0.25) is 9.89 Å². The van der Waals surface area contributed by atoms with Gasteiger partial charge in [-0.05, 0) is 63.1 Å². The molecule has 1 fully saturated rings. The van der Waals surface area contributed by atoms with Crippen molar-refractivity contribution in [1.29, 1.82) is 0 Å². The van der Waals surface area contributed by atoms with E-state index in [-0.39, 0.29) is 5.91 Å². The Kier molecular flexibility index (Phi) is 4.32. The number of piperidine rings is 1. The van der Waals surface area contributed by atoms with E-state index in [9.17, 15) is 4.79 Å². The molecule has 0 bridgehead atoms. The van der Waals surface area contributed by atoms with Crippen molar-refractivity contribution in [2.24, 2.45) is 0 Å². The van der Waals surface area contributed by atoms with Crippen LogP contribution in [0, 0.1) is 13.8 Å². The van der Waals surface area contributed by atoms with Gasteiger partial charge < -0.3 is 4.90 Å². The van der Waals surface area contributed by atoms with Crippen molar-refractivity contribution in [3.05, 3.63) is 65.2 Å². The van der Waals surface area contributed by atoms with Crippen LogP contribution < -0.4 is 0 Å². The Bertz CT molecular complexity index is 908. The van der Waals surface area contributed by atoms with Crippen molar-refractivity contribution in [2.45, 2.75) is 32.6 Å². The summed E-state index contributed by atoms with van der Waals surface area (Å²) in [4.78, 5) is 14.9. The Labute approximate surface area is 152 Å². The van der Waals surface area contributed by atoms with E-state index in [1.807, 2.05) is 53.8 Å². The number of nitrogens with zero attached hydrogens (tertiary/aromatic N) is 4. The van der Waals surface area contributed by atoms with Crippen molar-refractivity contribution >= 4 is 5.91 Å². The van der Waals surface area contributed by atoms with Crippen LogP contribution in [0.25, 0.3) is 5.69 Å². The van der Waals surface area contributed by atoms with Crippen LogP contribution >= 0.6 is 0 Å². The molecule has 1 aromatic carbocycles. The number of aromatic amines is 1. The molecule has 6 nitrogen and oxygen atoms in total. The van der Waals surface area contributed by atoms with Crippen LogP contribution in [0.3, 0.4) is 0 Å². The predicted molar refractivity (Wildman–Crippen MR) is 99.5 cm³/mol. The van der Waals surface area contributed by atoms with Gasteiger partial charge in [0.2, 0.25) is 0 Å². The third-order valence-corrected chi connectivity index (χ3v) is 5.04. The van der Waals surface area contributed by atoms with Gasteiger partial charge in [-0.2, -0.15) is 10.2 Å². The fourth-order valence-corrected chi connectivity index (χ4v) is 3.62. The van der Waals surface area contributed by atoms with Crippen molar-refractivity contribution in [3.63, 3.8) is 0 Å². The lowest BCUT2D eigenvalue weighted by Gasteiger charge is -2.32. The average Bonchev–Trinajstić information content (AvgIpc) is 3.30. The van der Waals surface area contributed by atoms with Crippen LogP contribution in [-0.4, -0.2) is 43.9 Å². The van der Waals surface area contributed by atoms with Gasteiger partial charge >= 0.3 is 0 Å². The van der Waals surface area contributed by atoms with E-state index in [1.165, 1.54) is 0 Å². The molecule has 1 aliphatic rings. The molecule has 1 aliphatic heterocycles. The molecule has 2 aromatic heterocycles. The van der Waals surface area contributed by atoms with Gasteiger partial charge in [-0.15, -0.1) is 0 Å². The minimum atomic E-state index is 0.0886. The Balaban J connectivity index is 1.49. The van der Waals surface area contributed by atoms with Gasteiger partial charge in [0.1, 0.15) is 0 Å². The Morgan fingerprint density at radius 1 is 1.19 bits per heavy atom. The van der Waals surface area contributed by atoms with Crippen molar-refractivity contribution in [3.8, 4) is 5.69 Å². The normalized spacial score (nSPS) is 17.5. The number of nitrogens with one attached hydrogen (secondary N) is 1. The number of hydrogen-bond acceptors (Lipinski definition) is 3. The number of carbonyl (C=O) groups excluding carboxylic acids is 1. The first-order chi connectivity index (χ1) is 12.6. The molecule has 0 saturated carbocycles. The Hall–Kier alpha value is -2.89. The Morgan fingerprint density at radius 2 is 2.00 bits per heavy atom. The Morgan fingerprint density at radius 3 is 2.65 bits per heavy atom. The molecule has 3 aromatic rings. The number of H-pyrrole nitrogens is 1. The van der Waals surface area contributed by atoms with E-state index in [4.69, 9.17) is 0 Å². The lowest BCUT2D eigenvalue weighted by Crippen LogP contribution is -2.39.